The first kappa shape index (κ1) is 13.5. The van der Waals surface area contributed by atoms with Crippen LogP contribution in [0.2, 0.25) is 5.15 Å². The first-order valence-corrected chi connectivity index (χ1v) is 7.47. The molecule has 1 aliphatic heterocycles. The van der Waals surface area contributed by atoms with Crippen LogP contribution in [0.25, 0.3) is 0 Å². The van der Waals surface area contributed by atoms with Gasteiger partial charge in [-0.25, -0.2) is 9.37 Å². The molecular formula is C13H12ClFN4S. The van der Waals surface area contributed by atoms with E-state index in [9.17, 15) is 4.39 Å². The molecule has 0 saturated heterocycles. The maximum atomic E-state index is 13.8. The minimum atomic E-state index is -0.181. The Balaban J connectivity index is 1.91. The molecule has 0 spiro atoms. The van der Waals surface area contributed by atoms with E-state index in [2.05, 4.69) is 15.3 Å². The molecule has 0 bridgehead atoms. The van der Waals surface area contributed by atoms with Crippen molar-refractivity contribution >= 4 is 35.1 Å². The van der Waals surface area contributed by atoms with E-state index in [0.29, 0.717) is 10.7 Å². The zero-order chi connectivity index (χ0) is 14.1. The summed E-state index contributed by atoms with van der Waals surface area (Å²) in [6.45, 7) is 0. The topological polar surface area (TPSA) is 63.8 Å². The van der Waals surface area contributed by atoms with Gasteiger partial charge in [0.2, 0.25) is 5.95 Å². The SMILES string of the molecule is Nc1nc(Cl)cc(NC2CCSc3c(F)cccc32)n1. The Hall–Kier alpha value is -1.53. The van der Waals surface area contributed by atoms with Gasteiger partial charge in [0.05, 0.1) is 6.04 Å². The molecule has 1 aromatic carbocycles. The molecule has 104 valence electrons. The van der Waals surface area contributed by atoms with Crippen molar-refractivity contribution in [3.63, 3.8) is 0 Å². The zero-order valence-electron chi connectivity index (χ0n) is 10.4. The molecule has 3 N–H and O–H groups in total. The number of anilines is 2. The normalized spacial score (nSPS) is 17.6. The Kier molecular flexibility index (Phi) is 3.67. The molecule has 2 aromatic rings. The molecule has 7 heteroatoms. The lowest BCUT2D eigenvalue weighted by atomic mass is 10.0. The fourth-order valence-electron chi connectivity index (χ4n) is 2.22. The second-order valence-electron chi connectivity index (χ2n) is 4.43. The van der Waals surface area contributed by atoms with Gasteiger partial charge in [0, 0.05) is 16.7 Å². The van der Waals surface area contributed by atoms with Gasteiger partial charge in [-0.3, -0.25) is 0 Å². The maximum Gasteiger partial charge on any atom is 0.223 e. The molecular weight excluding hydrogens is 299 g/mol. The number of hydrogen-bond donors (Lipinski definition) is 2. The van der Waals surface area contributed by atoms with Gasteiger partial charge in [0.1, 0.15) is 16.8 Å². The molecule has 20 heavy (non-hydrogen) atoms. The Morgan fingerprint density at radius 2 is 2.25 bits per heavy atom. The molecule has 0 aliphatic carbocycles. The fourth-order valence-corrected chi connectivity index (χ4v) is 3.55. The molecule has 1 aromatic heterocycles. The number of nitrogen functional groups attached to an aromatic ring is 1. The highest BCUT2D eigenvalue weighted by Crippen LogP contribution is 2.39. The Morgan fingerprint density at radius 1 is 1.40 bits per heavy atom. The lowest BCUT2D eigenvalue weighted by Gasteiger charge is -2.26. The zero-order valence-corrected chi connectivity index (χ0v) is 12.0. The summed E-state index contributed by atoms with van der Waals surface area (Å²) in [7, 11) is 0. The van der Waals surface area contributed by atoms with Crippen LogP contribution >= 0.6 is 23.4 Å². The first-order chi connectivity index (χ1) is 9.63. The van der Waals surface area contributed by atoms with Crippen molar-refractivity contribution in [2.75, 3.05) is 16.8 Å². The third kappa shape index (κ3) is 2.66. The summed E-state index contributed by atoms with van der Waals surface area (Å²) >= 11 is 7.40. The molecule has 3 rings (SSSR count). The molecule has 0 amide bonds. The van der Waals surface area contributed by atoms with Crippen LogP contribution in [0, 0.1) is 5.82 Å². The van der Waals surface area contributed by atoms with Gasteiger partial charge in [-0.05, 0) is 18.1 Å². The number of rotatable bonds is 2. The van der Waals surface area contributed by atoms with E-state index in [1.54, 1.807) is 12.1 Å². The maximum absolute atomic E-state index is 13.8. The van der Waals surface area contributed by atoms with Crippen molar-refractivity contribution in [1.29, 1.82) is 0 Å². The third-order valence-corrected chi connectivity index (χ3v) is 4.41. The fraction of sp³-hybridized carbons (Fsp3) is 0.231. The van der Waals surface area contributed by atoms with E-state index in [1.807, 2.05) is 6.07 Å². The summed E-state index contributed by atoms with van der Waals surface area (Å²) < 4.78 is 13.8. The van der Waals surface area contributed by atoms with Crippen LogP contribution in [-0.2, 0) is 0 Å². The smallest absolute Gasteiger partial charge is 0.223 e. The summed E-state index contributed by atoms with van der Waals surface area (Å²) in [5.41, 5.74) is 6.51. The van der Waals surface area contributed by atoms with Crippen LogP contribution in [0.3, 0.4) is 0 Å². The average Bonchev–Trinajstić information content (AvgIpc) is 2.39. The standard InChI is InChI=1S/C13H12ClFN4S/c14-10-6-11(19-13(16)18-10)17-9-4-5-20-12-7(9)2-1-3-8(12)15/h1-3,6,9H,4-5H2,(H3,16,17,18,19). The van der Waals surface area contributed by atoms with Crippen LogP contribution in [-0.4, -0.2) is 15.7 Å². The van der Waals surface area contributed by atoms with Crippen LogP contribution in [0.15, 0.2) is 29.2 Å². The number of nitrogens with one attached hydrogen (secondary N) is 1. The van der Waals surface area contributed by atoms with Gasteiger partial charge in [-0.1, -0.05) is 23.7 Å². The summed E-state index contributed by atoms with van der Waals surface area (Å²) in [4.78, 5) is 8.61. The predicted molar refractivity (Wildman–Crippen MR) is 79.6 cm³/mol. The molecule has 0 saturated carbocycles. The van der Waals surface area contributed by atoms with Gasteiger partial charge in [0.25, 0.3) is 0 Å². The Labute approximate surface area is 124 Å². The van der Waals surface area contributed by atoms with E-state index in [1.165, 1.54) is 17.8 Å². The monoisotopic (exact) mass is 310 g/mol. The number of thioether (sulfide) groups is 1. The summed E-state index contributed by atoms with van der Waals surface area (Å²) in [5, 5.41) is 3.53. The number of hydrogen-bond acceptors (Lipinski definition) is 5. The number of aromatic nitrogens is 2. The quantitative estimate of drug-likeness (QED) is 0.831. The highest BCUT2D eigenvalue weighted by atomic mass is 35.5. The highest BCUT2D eigenvalue weighted by molar-refractivity contribution is 7.99. The van der Waals surface area contributed by atoms with Gasteiger partial charge in [0.15, 0.2) is 0 Å². The van der Waals surface area contributed by atoms with Gasteiger partial charge >= 0.3 is 0 Å². The molecule has 2 heterocycles. The van der Waals surface area contributed by atoms with Crippen LogP contribution in [0.5, 0.6) is 0 Å². The van der Waals surface area contributed by atoms with Crippen molar-refractivity contribution in [1.82, 2.24) is 9.97 Å². The summed E-state index contributed by atoms with van der Waals surface area (Å²) in [5.74, 6) is 1.33. The van der Waals surface area contributed by atoms with Crippen molar-refractivity contribution in [3.05, 3.63) is 40.8 Å². The van der Waals surface area contributed by atoms with E-state index in [0.717, 1.165) is 17.7 Å². The largest absolute Gasteiger partial charge is 0.368 e. The minimum Gasteiger partial charge on any atom is -0.368 e. The predicted octanol–water partition coefficient (Wildman–Crippen LogP) is 3.50. The minimum absolute atomic E-state index is 0.00711. The third-order valence-electron chi connectivity index (χ3n) is 3.06. The van der Waals surface area contributed by atoms with E-state index in [-0.39, 0.29) is 23.0 Å². The van der Waals surface area contributed by atoms with Crippen molar-refractivity contribution in [2.45, 2.75) is 17.4 Å². The molecule has 1 unspecified atom stereocenters. The number of nitrogens with zero attached hydrogens (tertiary/aromatic N) is 2. The van der Waals surface area contributed by atoms with E-state index in [4.69, 9.17) is 17.3 Å². The van der Waals surface area contributed by atoms with Crippen LogP contribution < -0.4 is 11.1 Å². The lowest BCUT2D eigenvalue weighted by Crippen LogP contribution is -2.18. The van der Waals surface area contributed by atoms with Gasteiger partial charge in [-0.2, -0.15) is 4.98 Å². The lowest BCUT2D eigenvalue weighted by molar-refractivity contribution is 0.584. The number of benzene rings is 1. The molecule has 1 atom stereocenters. The number of nitrogens with two attached hydrogens (primary N) is 1. The van der Waals surface area contributed by atoms with Crippen molar-refractivity contribution in [2.24, 2.45) is 0 Å². The van der Waals surface area contributed by atoms with Crippen LogP contribution in [0.4, 0.5) is 16.2 Å². The summed E-state index contributed by atoms with van der Waals surface area (Å²) in [6, 6.07) is 6.73. The average molecular weight is 311 g/mol. The summed E-state index contributed by atoms with van der Waals surface area (Å²) in [6.07, 6.45) is 0.878. The first-order valence-electron chi connectivity index (χ1n) is 6.11. The van der Waals surface area contributed by atoms with E-state index < -0.39 is 0 Å². The molecule has 0 radical (unpaired) electrons. The molecule has 1 aliphatic rings. The van der Waals surface area contributed by atoms with Crippen molar-refractivity contribution in [3.8, 4) is 0 Å². The second kappa shape index (κ2) is 5.46. The van der Waals surface area contributed by atoms with Crippen LogP contribution in [0.1, 0.15) is 18.0 Å². The Bertz CT molecular complexity index is 632. The van der Waals surface area contributed by atoms with Gasteiger partial charge < -0.3 is 11.1 Å². The van der Waals surface area contributed by atoms with Crippen molar-refractivity contribution < 1.29 is 4.39 Å². The highest BCUT2D eigenvalue weighted by Gasteiger charge is 2.23. The Morgan fingerprint density at radius 3 is 3.05 bits per heavy atom. The second-order valence-corrected chi connectivity index (χ2v) is 5.92. The number of halogens is 2. The van der Waals surface area contributed by atoms with E-state index >= 15 is 0 Å². The molecule has 4 nitrogen and oxygen atoms in total. The van der Waals surface area contributed by atoms with Gasteiger partial charge in [-0.15, -0.1) is 11.8 Å². The number of fused-ring (bicyclic) bond motifs is 1. The molecule has 0 fully saturated rings.